The molecule has 0 aliphatic carbocycles. The number of ketones is 1. The van der Waals surface area contributed by atoms with Crippen molar-refractivity contribution >= 4 is 11.7 Å². The van der Waals surface area contributed by atoms with Crippen LogP contribution in [0.2, 0.25) is 0 Å². The van der Waals surface area contributed by atoms with E-state index in [0.29, 0.717) is 30.1 Å². The van der Waals surface area contributed by atoms with Gasteiger partial charge in [0.1, 0.15) is 5.75 Å². The summed E-state index contributed by atoms with van der Waals surface area (Å²) in [6.07, 6.45) is 1.08. The number of carbonyl (C=O) groups is 2. The standard InChI is InChI=1S/C21H21N3O4/c1-27-17-12-10-16(11-13-17)21-23-20(28-24-21)14-22-19(26)9-5-8-18(25)15-6-3-2-4-7-15/h2-4,6-7,10-13H,5,8-9,14H2,1H3,(H,22,26). The molecule has 0 aliphatic rings. The Hall–Kier alpha value is -3.48. The number of nitrogens with zero attached hydrogens (tertiary/aromatic N) is 2. The van der Waals surface area contributed by atoms with E-state index in [9.17, 15) is 9.59 Å². The predicted molar refractivity (Wildman–Crippen MR) is 103 cm³/mol. The molecule has 0 unspecified atom stereocenters. The summed E-state index contributed by atoms with van der Waals surface area (Å²) in [5, 5.41) is 6.64. The quantitative estimate of drug-likeness (QED) is 0.573. The fourth-order valence-corrected chi connectivity index (χ4v) is 2.62. The summed E-state index contributed by atoms with van der Waals surface area (Å²) in [6, 6.07) is 16.3. The summed E-state index contributed by atoms with van der Waals surface area (Å²) in [6.45, 7) is 0.147. The van der Waals surface area contributed by atoms with Gasteiger partial charge in [0.25, 0.3) is 0 Å². The Balaban J connectivity index is 1.42. The lowest BCUT2D eigenvalue weighted by Crippen LogP contribution is -2.22. The van der Waals surface area contributed by atoms with Gasteiger partial charge in [0, 0.05) is 24.0 Å². The number of rotatable bonds is 9. The van der Waals surface area contributed by atoms with Gasteiger partial charge in [-0.3, -0.25) is 9.59 Å². The fraction of sp³-hybridized carbons (Fsp3) is 0.238. The Morgan fingerprint density at radius 3 is 2.50 bits per heavy atom. The molecule has 144 valence electrons. The molecule has 0 bridgehead atoms. The highest BCUT2D eigenvalue weighted by molar-refractivity contribution is 5.96. The first-order valence-electron chi connectivity index (χ1n) is 8.97. The molecule has 1 aromatic heterocycles. The van der Waals surface area contributed by atoms with Crippen LogP contribution in [0.1, 0.15) is 35.5 Å². The molecule has 7 heteroatoms. The van der Waals surface area contributed by atoms with E-state index < -0.39 is 0 Å². The highest BCUT2D eigenvalue weighted by Crippen LogP contribution is 2.19. The topological polar surface area (TPSA) is 94.3 Å². The molecule has 3 rings (SSSR count). The van der Waals surface area contributed by atoms with E-state index in [4.69, 9.17) is 9.26 Å². The van der Waals surface area contributed by atoms with Crippen molar-refractivity contribution in [3.8, 4) is 17.1 Å². The summed E-state index contributed by atoms with van der Waals surface area (Å²) in [5.41, 5.74) is 1.46. The number of amides is 1. The van der Waals surface area contributed by atoms with E-state index in [-0.39, 0.29) is 24.7 Å². The van der Waals surface area contributed by atoms with Crippen molar-refractivity contribution in [3.63, 3.8) is 0 Å². The molecule has 0 atom stereocenters. The number of aromatic nitrogens is 2. The van der Waals surface area contributed by atoms with Crippen molar-refractivity contribution in [2.45, 2.75) is 25.8 Å². The number of nitrogens with one attached hydrogen (secondary N) is 1. The van der Waals surface area contributed by atoms with Crippen LogP contribution in [-0.2, 0) is 11.3 Å². The number of benzene rings is 2. The van der Waals surface area contributed by atoms with Crippen LogP contribution in [0.3, 0.4) is 0 Å². The van der Waals surface area contributed by atoms with E-state index >= 15 is 0 Å². The SMILES string of the molecule is COc1ccc(-c2noc(CNC(=O)CCCC(=O)c3ccccc3)n2)cc1. The summed E-state index contributed by atoms with van der Waals surface area (Å²) >= 11 is 0. The van der Waals surface area contributed by atoms with Crippen LogP contribution < -0.4 is 10.1 Å². The first-order valence-corrected chi connectivity index (χ1v) is 8.97. The minimum absolute atomic E-state index is 0.0365. The summed E-state index contributed by atoms with van der Waals surface area (Å²) in [5.74, 6) is 1.38. The predicted octanol–water partition coefficient (Wildman–Crippen LogP) is 3.41. The molecule has 0 radical (unpaired) electrons. The average molecular weight is 379 g/mol. The van der Waals surface area contributed by atoms with Crippen molar-refractivity contribution in [2.24, 2.45) is 0 Å². The molecule has 2 aromatic carbocycles. The van der Waals surface area contributed by atoms with E-state index in [2.05, 4.69) is 15.5 Å². The molecule has 0 fully saturated rings. The second kappa shape index (κ2) is 9.45. The van der Waals surface area contributed by atoms with Crippen LogP contribution in [0.15, 0.2) is 59.1 Å². The van der Waals surface area contributed by atoms with Gasteiger partial charge in [-0.2, -0.15) is 4.98 Å². The van der Waals surface area contributed by atoms with Crippen molar-refractivity contribution < 1.29 is 18.8 Å². The van der Waals surface area contributed by atoms with Crippen LogP contribution in [0.4, 0.5) is 0 Å². The Morgan fingerprint density at radius 1 is 1.04 bits per heavy atom. The zero-order chi connectivity index (χ0) is 19.8. The van der Waals surface area contributed by atoms with Gasteiger partial charge in [-0.25, -0.2) is 0 Å². The largest absolute Gasteiger partial charge is 0.497 e. The van der Waals surface area contributed by atoms with Crippen molar-refractivity contribution in [2.75, 3.05) is 7.11 Å². The Labute approximate surface area is 162 Å². The maximum Gasteiger partial charge on any atom is 0.246 e. The number of methoxy groups -OCH3 is 1. The van der Waals surface area contributed by atoms with Gasteiger partial charge in [-0.05, 0) is 30.7 Å². The van der Waals surface area contributed by atoms with Crippen molar-refractivity contribution in [1.82, 2.24) is 15.5 Å². The van der Waals surface area contributed by atoms with Crippen molar-refractivity contribution in [1.29, 1.82) is 0 Å². The molecule has 1 heterocycles. The van der Waals surface area contributed by atoms with Crippen LogP contribution in [-0.4, -0.2) is 28.9 Å². The second-order valence-electron chi connectivity index (χ2n) is 6.16. The average Bonchev–Trinajstić information content (AvgIpc) is 3.22. The second-order valence-corrected chi connectivity index (χ2v) is 6.16. The third kappa shape index (κ3) is 5.26. The molecule has 1 amide bonds. The van der Waals surface area contributed by atoms with Crippen LogP contribution in [0.5, 0.6) is 5.75 Å². The molecule has 7 nitrogen and oxygen atoms in total. The first kappa shape index (κ1) is 19.3. The molecular weight excluding hydrogens is 358 g/mol. The molecule has 0 saturated heterocycles. The Morgan fingerprint density at radius 2 is 1.79 bits per heavy atom. The van der Waals surface area contributed by atoms with Gasteiger partial charge in [0.15, 0.2) is 5.78 Å². The summed E-state index contributed by atoms with van der Waals surface area (Å²) in [4.78, 5) is 28.2. The third-order valence-corrected chi connectivity index (χ3v) is 4.16. The zero-order valence-electron chi connectivity index (χ0n) is 15.6. The van der Waals surface area contributed by atoms with Crippen LogP contribution in [0, 0.1) is 0 Å². The number of carbonyl (C=O) groups excluding carboxylic acids is 2. The first-order chi connectivity index (χ1) is 13.7. The van der Waals surface area contributed by atoms with Gasteiger partial charge in [-0.1, -0.05) is 35.5 Å². The number of ether oxygens (including phenoxy) is 1. The van der Waals surface area contributed by atoms with Gasteiger partial charge in [0.05, 0.1) is 13.7 Å². The van der Waals surface area contributed by atoms with Gasteiger partial charge in [-0.15, -0.1) is 0 Å². The van der Waals surface area contributed by atoms with E-state index in [1.807, 2.05) is 42.5 Å². The van der Waals surface area contributed by atoms with Crippen LogP contribution in [0.25, 0.3) is 11.4 Å². The van der Waals surface area contributed by atoms with Crippen LogP contribution >= 0.6 is 0 Å². The van der Waals surface area contributed by atoms with E-state index in [1.54, 1.807) is 19.2 Å². The zero-order valence-corrected chi connectivity index (χ0v) is 15.6. The monoisotopic (exact) mass is 379 g/mol. The fourth-order valence-electron chi connectivity index (χ4n) is 2.62. The Bertz CT molecular complexity index is 920. The lowest BCUT2D eigenvalue weighted by molar-refractivity contribution is -0.121. The molecule has 28 heavy (non-hydrogen) atoms. The Kier molecular flexibility index (Phi) is 6.51. The highest BCUT2D eigenvalue weighted by Gasteiger charge is 2.11. The summed E-state index contributed by atoms with van der Waals surface area (Å²) in [7, 11) is 1.60. The summed E-state index contributed by atoms with van der Waals surface area (Å²) < 4.78 is 10.3. The maximum absolute atomic E-state index is 12.0. The minimum atomic E-state index is -0.162. The van der Waals surface area contributed by atoms with Crippen molar-refractivity contribution in [3.05, 3.63) is 66.1 Å². The molecule has 3 aromatic rings. The highest BCUT2D eigenvalue weighted by atomic mass is 16.5. The van der Waals surface area contributed by atoms with Gasteiger partial charge >= 0.3 is 0 Å². The molecule has 1 N–H and O–H groups in total. The maximum atomic E-state index is 12.0. The molecule has 0 saturated carbocycles. The molecule has 0 spiro atoms. The minimum Gasteiger partial charge on any atom is -0.497 e. The number of hydrogen-bond acceptors (Lipinski definition) is 6. The smallest absolute Gasteiger partial charge is 0.246 e. The number of hydrogen-bond donors (Lipinski definition) is 1. The third-order valence-electron chi connectivity index (χ3n) is 4.16. The van der Waals surface area contributed by atoms with E-state index in [0.717, 1.165) is 11.3 Å². The lowest BCUT2D eigenvalue weighted by Gasteiger charge is -2.03. The lowest BCUT2D eigenvalue weighted by atomic mass is 10.1. The van der Waals surface area contributed by atoms with Gasteiger partial charge in [0.2, 0.25) is 17.6 Å². The number of Topliss-reactive ketones (excluding diaryl/α,β-unsaturated/α-hetero) is 1. The normalized spacial score (nSPS) is 10.5. The molecular formula is C21H21N3O4. The van der Waals surface area contributed by atoms with E-state index in [1.165, 1.54) is 0 Å². The van der Waals surface area contributed by atoms with Gasteiger partial charge < -0.3 is 14.6 Å². The molecule has 0 aliphatic heterocycles.